The molecule has 0 aromatic heterocycles. The molecular weight excluding hydrogens is 206 g/mol. The van der Waals surface area contributed by atoms with Crippen LogP contribution in [0.4, 0.5) is 0 Å². The number of hydrogen-bond acceptors (Lipinski definition) is 4. The number of ether oxygens (including phenoxy) is 1. The first-order valence-electron chi connectivity index (χ1n) is 4.98. The average molecular weight is 221 g/mol. The van der Waals surface area contributed by atoms with E-state index >= 15 is 0 Å². The molecule has 0 amide bonds. The van der Waals surface area contributed by atoms with Crippen molar-refractivity contribution in [3.05, 3.63) is 35.4 Å². The Labute approximate surface area is 94.5 Å². The second-order valence-electron chi connectivity index (χ2n) is 3.56. The van der Waals surface area contributed by atoms with E-state index in [0.29, 0.717) is 0 Å². The molecular formula is C12H15NO3. The number of carbonyl (C=O) groups is 1. The highest BCUT2D eigenvalue weighted by molar-refractivity contribution is 5.78. The maximum absolute atomic E-state index is 11.2. The Morgan fingerprint density at radius 3 is 2.62 bits per heavy atom. The van der Waals surface area contributed by atoms with E-state index in [0.717, 1.165) is 11.1 Å². The summed E-state index contributed by atoms with van der Waals surface area (Å²) in [5, 5.41) is 11.5. The largest absolute Gasteiger partial charge is 0.469 e. The number of methoxy groups -OCH3 is 1. The van der Waals surface area contributed by atoms with Gasteiger partial charge >= 0.3 is 5.97 Å². The van der Waals surface area contributed by atoms with Crippen LogP contribution in [0.1, 0.15) is 23.5 Å². The standard InChI is InChI=1S/C12H15NO3/c1-9-3-5-10(6-4-9)11(8-13-15)7-12(14)16-2/h3-6,8,11,15H,7H2,1-2H3/t11-/m1/s1. The number of hydrogen-bond donors (Lipinski definition) is 1. The number of oxime groups is 1. The van der Waals surface area contributed by atoms with E-state index in [4.69, 9.17) is 5.21 Å². The minimum absolute atomic E-state index is 0.170. The summed E-state index contributed by atoms with van der Waals surface area (Å²) in [5.74, 6) is -0.580. The third-order valence-corrected chi connectivity index (χ3v) is 2.37. The van der Waals surface area contributed by atoms with Crippen LogP contribution in [0.3, 0.4) is 0 Å². The van der Waals surface area contributed by atoms with E-state index in [1.165, 1.54) is 13.3 Å². The molecule has 0 aliphatic rings. The Morgan fingerprint density at radius 2 is 2.12 bits per heavy atom. The van der Waals surface area contributed by atoms with Gasteiger partial charge < -0.3 is 9.94 Å². The van der Waals surface area contributed by atoms with Gasteiger partial charge in [-0.1, -0.05) is 29.8 Å². The molecule has 0 fully saturated rings. The van der Waals surface area contributed by atoms with Crippen molar-refractivity contribution >= 4 is 12.2 Å². The van der Waals surface area contributed by atoms with E-state index in [1.807, 2.05) is 31.2 Å². The molecule has 0 saturated heterocycles. The van der Waals surface area contributed by atoms with Gasteiger partial charge in [-0.25, -0.2) is 0 Å². The van der Waals surface area contributed by atoms with Crippen LogP contribution < -0.4 is 0 Å². The van der Waals surface area contributed by atoms with Gasteiger partial charge in [-0.2, -0.15) is 0 Å². The third kappa shape index (κ3) is 3.38. The minimum Gasteiger partial charge on any atom is -0.469 e. The van der Waals surface area contributed by atoms with Gasteiger partial charge in [0.25, 0.3) is 0 Å². The van der Waals surface area contributed by atoms with E-state index in [9.17, 15) is 4.79 Å². The lowest BCUT2D eigenvalue weighted by Crippen LogP contribution is -2.09. The zero-order valence-corrected chi connectivity index (χ0v) is 9.38. The van der Waals surface area contributed by atoms with Crippen LogP contribution in [0.25, 0.3) is 0 Å². The molecule has 0 radical (unpaired) electrons. The number of esters is 1. The second-order valence-corrected chi connectivity index (χ2v) is 3.56. The first-order valence-corrected chi connectivity index (χ1v) is 4.98. The van der Waals surface area contributed by atoms with Gasteiger partial charge in [0.1, 0.15) is 0 Å². The minimum atomic E-state index is -0.328. The number of rotatable bonds is 4. The predicted molar refractivity (Wildman–Crippen MR) is 60.8 cm³/mol. The Kier molecular flexibility index (Phi) is 4.51. The Bertz CT molecular complexity index is 370. The maximum Gasteiger partial charge on any atom is 0.306 e. The SMILES string of the molecule is COC(=O)C[C@H](C=NO)c1ccc(C)cc1. The lowest BCUT2D eigenvalue weighted by molar-refractivity contribution is -0.140. The summed E-state index contributed by atoms with van der Waals surface area (Å²) >= 11 is 0. The summed E-state index contributed by atoms with van der Waals surface area (Å²) < 4.78 is 4.59. The fourth-order valence-electron chi connectivity index (χ4n) is 1.41. The van der Waals surface area contributed by atoms with Gasteiger partial charge in [-0.3, -0.25) is 4.79 Å². The molecule has 86 valence electrons. The van der Waals surface area contributed by atoms with Gasteiger partial charge in [0.2, 0.25) is 0 Å². The highest BCUT2D eigenvalue weighted by Gasteiger charge is 2.14. The van der Waals surface area contributed by atoms with Crippen molar-refractivity contribution in [3.8, 4) is 0 Å². The fraction of sp³-hybridized carbons (Fsp3) is 0.333. The molecule has 0 aliphatic heterocycles. The second kappa shape index (κ2) is 5.90. The Hall–Kier alpha value is -1.84. The average Bonchev–Trinajstić information content (AvgIpc) is 2.29. The summed E-state index contributed by atoms with van der Waals surface area (Å²) in [7, 11) is 1.34. The third-order valence-electron chi connectivity index (χ3n) is 2.37. The van der Waals surface area contributed by atoms with Crippen molar-refractivity contribution in [2.45, 2.75) is 19.3 Å². The molecule has 0 unspecified atom stereocenters. The number of benzene rings is 1. The van der Waals surface area contributed by atoms with Crippen LogP contribution in [0, 0.1) is 6.92 Å². The van der Waals surface area contributed by atoms with E-state index in [2.05, 4.69) is 9.89 Å². The molecule has 4 heteroatoms. The molecule has 0 saturated carbocycles. The van der Waals surface area contributed by atoms with Gasteiger partial charge in [0.15, 0.2) is 0 Å². The zero-order valence-electron chi connectivity index (χ0n) is 9.38. The normalized spacial score (nSPS) is 12.6. The van der Waals surface area contributed by atoms with Crippen LogP contribution in [0.2, 0.25) is 0 Å². The first-order chi connectivity index (χ1) is 7.67. The molecule has 1 rings (SSSR count). The predicted octanol–water partition coefficient (Wildman–Crippen LogP) is 2.10. The molecule has 4 nitrogen and oxygen atoms in total. The first kappa shape index (κ1) is 12.2. The van der Waals surface area contributed by atoms with Crippen LogP contribution in [-0.4, -0.2) is 24.5 Å². The van der Waals surface area contributed by atoms with E-state index in [-0.39, 0.29) is 18.3 Å². The van der Waals surface area contributed by atoms with Crippen molar-refractivity contribution in [1.29, 1.82) is 0 Å². The Balaban J connectivity index is 2.84. The number of aryl methyl sites for hydroxylation is 1. The molecule has 0 heterocycles. The van der Waals surface area contributed by atoms with Gasteiger partial charge in [-0.05, 0) is 12.5 Å². The summed E-state index contributed by atoms with van der Waals surface area (Å²) in [6.45, 7) is 1.99. The highest BCUT2D eigenvalue weighted by Crippen LogP contribution is 2.18. The molecule has 1 aromatic rings. The summed E-state index contributed by atoms with van der Waals surface area (Å²) in [6, 6.07) is 7.71. The maximum atomic E-state index is 11.2. The molecule has 1 aromatic carbocycles. The van der Waals surface area contributed by atoms with Crippen LogP contribution in [0.5, 0.6) is 0 Å². The summed E-state index contributed by atoms with van der Waals surface area (Å²) in [5.41, 5.74) is 2.07. The van der Waals surface area contributed by atoms with Gasteiger partial charge in [-0.15, -0.1) is 5.16 Å². The molecule has 0 bridgehead atoms. The smallest absolute Gasteiger partial charge is 0.306 e. The van der Waals surface area contributed by atoms with Crippen LogP contribution >= 0.6 is 0 Å². The fourth-order valence-corrected chi connectivity index (χ4v) is 1.41. The van der Waals surface area contributed by atoms with Crippen LogP contribution in [-0.2, 0) is 9.53 Å². The topological polar surface area (TPSA) is 58.9 Å². The van der Waals surface area contributed by atoms with Gasteiger partial charge in [0.05, 0.1) is 19.7 Å². The van der Waals surface area contributed by atoms with Crippen molar-refractivity contribution in [2.75, 3.05) is 7.11 Å². The molecule has 1 atom stereocenters. The van der Waals surface area contributed by atoms with Crippen molar-refractivity contribution in [2.24, 2.45) is 5.16 Å². The highest BCUT2D eigenvalue weighted by atomic mass is 16.5. The number of carbonyl (C=O) groups excluding carboxylic acids is 1. The summed E-state index contributed by atoms with van der Waals surface area (Å²) in [4.78, 5) is 11.2. The molecule has 0 aliphatic carbocycles. The molecule has 0 spiro atoms. The Morgan fingerprint density at radius 1 is 1.50 bits per heavy atom. The zero-order chi connectivity index (χ0) is 12.0. The van der Waals surface area contributed by atoms with Gasteiger partial charge in [0, 0.05) is 5.92 Å². The number of nitrogens with zero attached hydrogens (tertiary/aromatic N) is 1. The molecule has 16 heavy (non-hydrogen) atoms. The van der Waals surface area contributed by atoms with E-state index < -0.39 is 0 Å². The lowest BCUT2D eigenvalue weighted by Gasteiger charge is -2.10. The van der Waals surface area contributed by atoms with Crippen molar-refractivity contribution in [1.82, 2.24) is 0 Å². The van der Waals surface area contributed by atoms with Crippen LogP contribution in [0.15, 0.2) is 29.4 Å². The lowest BCUT2D eigenvalue weighted by atomic mass is 9.96. The quantitative estimate of drug-likeness (QED) is 0.366. The van der Waals surface area contributed by atoms with Crippen molar-refractivity contribution < 1.29 is 14.7 Å². The van der Waals surface area contributed by atoms with Crippen molar-refractivity contribution in [3.63, 3.8) is 0 Å². The monoisotopic (exact) mass is 221 g/mol. The van der Waals surface area contributed by atoms with E-state index in [1.54, 1.807) is 0 Å². The summed E-state index contributed by atoms with van der Waals surface area (Å²) in [6.07, 6.45) is 1.51. The molecule has 1 N–H and O–H groups in total.